The lowest BCUT2D eigenvalue weighted by Crippen LogP contribution is -2.31. The third kappa shape index (κ3) is 6.34. The van der Waals surface area contributed by atoms with Crippen molar-refractivity contribution in [2.24, 2.45) is 5.92 Å². The summed E-state index contributed by atoms with van der Waals surface area (Å²) in [5.41, 5.74) is 1.02. The Morgan fingerprint density at radius 1 is 1.21 bits per heavy atom. The molecular weight excluding hydrogens is 243 g/mol. The van der Waals surface area contributed by atoms with Crippen LogP contribution in [-0.4, -0.2) is 19.0 Å². The van der Waals surface area contributed by atoms with Gasteiger partial charge in [-0.2, -0.15) is 0 Å². The molecule has 1 amide bonds. The number of amides is 1. The Bertz CT molecular complexity index is 390. The maximum absolute atomic E-state index is 12.8. The van der Waals surface area contributed by atoms with Crippen LogP contribution in [0, 0.1) is 11.7 Å². The third-order valence-electron chi connectivity index (χ3n) is 2.88. The Labute approximate surface area is 114 Å². The SMILES string of the molecule is CC(C)CNC(=O)CCNC(C)c1ccc(F)cc1. The van der Waals surface area contributed by atoms with E-state index < -0.39 is 0 Å². The predicted molar refractivity (Wildman–Crippen MR) is 75.3 cm³/mol. The molecule has 0 spiro atoms. The van der Waals surface area contributed by atoms with Crippen LogP contribution >= 0.6 is 0 Å². The summed E-state index contributed by atoms with van der Waals surface area (Å²) in [6.45, 7) is 7.46. The van der Waals surface area contributed by atoms with Crippen molar-refractivity contribution in [3.63, 3.8) is 0 Å². The second-order valence-electron chi connectivity index (χ2n) is 5.18. The molecule has 1 atom stereocenters. The lowest BCUT2D eigenvalue weighted by Gasteiger charge is -2.14. The molecule has 4 heteroatoms. The van der Waals surface area contributed by atoms with E-state index in [0.717, 1.165) is 5.56 Å². The van der Waals surface area contributed by atoms with Crippen molar-refractivity contribution in [2.45, 2.75) is 33.2 Å². The van der Waals surface area contributed by atoms with E-state index in [2.05, 4.69) is 24.5 Å². The minimum absolute atomic E-state index is 0.0625. The van der Waals surface area contributed by atoms with Gasteiger partial charge in [0.05, 0.1) is 0 Å². The summed E-state index contributed by atoms with van der Waals surface area (Å²) in [5.74, 6) is 0.298. The summed E-state index contributed by atoms with van der Waals surface area (Å²) in [4.78, 5) is 11.5. The number of rotatable bonds is 7. The molecule has 1 unspecified atom stereocenters. The minimum atomic E-state index is -0.232. The van der Waals surface area contributed by atoms with E-state index in [9.17, 15) is 9.18 Å². The Kier molecular flexibility index (Phi) is 6.50. The van der Waals surface area contributed by atoms with Gasteiger partial charge in [0, 0.05) is 25.6 Å². The van der Waals surface area contributed by atoms with Crippen molar-refractivity contribution in [1.29, 1.82) is 0 Å². The van der Waals surface area contributed by atoms with Crippen molar-refractivity contribution in [2.75, 3.05) is 13.1 Å². The average Bonchev–Trinajstić information content (AvgIpc) is 2.37. The van der Waals surface area contributed by atoms with Crippen LogP contribution in [0.25, 0.3) is 0 Å². The predicted octanol–water partition coefficient (Wildman–Crippen LogP) is 2.64. The van der Waals surface area contributed by atoms with E-state index in [4.69, 9.17) is 0 Å². The Hall–Kier alpha value is -1.42. The first-order valence-corrected chi connectivity index (χ1v) is 6.74. The first-order chi connectivity index (χ1) is 8.99. The Balaban J connectivity index is 2.25. The fourth-order valence-corrected chi connectivity index (χ4v) is 1.68. The van der Waals surface area contributed by atoms with Crippen molar-refractivity contribution in [1.82, 2.24) is 10.6 Å². The molecule has 2 N–H and O–H groups in total. The number of carbonyl (C=O) groups excluding carboxylic acids is 1. The molecule has 0 bridgehead atoms. The highest BCUT2D eigenvalue weighted by Gasteiger charge is 2.06. The highest BCUT2D eigenvalue weighted by Crippen LogP contribution is 2.12. The van der Waals surface area contributed by atoms with Gasteiger partial charge in [-0.1, -0.05) is 26.0 Å². The lowest BCUT2D eigenvalue weighted by molar-refractivity contribution is -0.121. The fourth-order valence-electron chi connectivity index (χ4n) is 1.68. The highest BCUT2D eigenvalue weighted by molar-refractivity contribution is 5.76. The van der Waals surface area contributed by atoms with Crippen molar-refractivity contribution in [3.8, 4) is 0 Å². The van der Waals surface area contributed by atoms with E-state index in [1.807, 2.05) is 6.92 Å². The summed E-state index contributed by atoms with van der Waals surface area (Å²) < 4.78 is 12.8. The van der Waals surface area contributed by atoms with Crippen molar-refractivity contribution in [3.05, 3.63) is 35.6 Å². The van der Waals surface area contributed by atoms with Crippen LogP contribution in [0.5, 0.6) is 0 Å². The van der Waals surface area contributed by atoms with Crippen LogP contribution in [0.3, 0.4) is 0 Å². The number of carbonyl (C=O) groups is 1. The molecule has 1 aromatic rings. The summed E-state index contributed by atoms with van der Waals surface area (Å²) in [5, 5.41) is 6.13. The topological polar surface area (TPSA) is 41.1 Å². The summed E-state index contributed by atoms with van der Waals surface area (Å²) in [6, 6.07) is 6.52. The van der Waals surface area contributed by atoms with Gasteiger partial charge in [0.2, 0.25) is 5.91 Å². The maximum Gasteiger partial charge on any atom is 0.221 e. The molecular formula is C15H23FN2O. The van der Waals surface area contributed by atoms with E-state index in [1.54, 1.807) is 12.1 Å². The van der Waals surface area contributed by atoms with Gasteiger partial charge in [-0.25, -0.2) is 4.39 Å². The van der Waals surface area contributed by atoms with Crippen LogP contribution in [0.15, 0.2) is 24.3 Å². The smallest absolute Gasteiger partial charge is 0.221 e. The molecule has 1 rings (SSSR count). The molecule has 0 radical (unpaired) electrons. The molecule has 0 aromatic heterocycles. The van der Waals surface area contributed by atoms with Gasteiger partial charge in [0.25, 0.3) is 0 Å². The number of hydrogen-bond acceptors (Lipinski definition) is 2. The quantitative estimate of drug-likeness (QED) is 0.796. The second kappa shape index (κ2) is 7.89. The minimum Gasteiger partial charge on any atom is -0.356 e. The van der Waals surface area contributed by atoms with E-state index in [-0.39, 0.29) is 17.8 Å². The molecule has 0 fully saturated rings. The zero-order valence-electron chi connectivity index (χ0n) is 11.9. The highest BCUT2D eigenvalue weighted by atomic mass is 19.1. The van der Waals surface area contributed by atoms with Crippen LogP contribution in [-0.2, 0) is 4.79 Å². The summed E-state index contributed by atoms with van der Waals surface area (Å²) >= 11 is 0. The van der Waals surface area contributed by atoms with Gasteiger partial charge in [0.15, 0.2) is 0 Å². The molecule has 106 valence electrons. The van der Waals surface area contributed by atoms with Gasteiger partial charge in [-0.15, -0.1) is 0 Å². The van der Waals surface area contributed by atoms with Gasteiger partial charge in [0.1, 0.15) is 5.82 Å². The van der Waals surface area contributed by atoms with Crippen molar-refractivity contribution >= 4 is 5.91 Å². The number of benzene rings is 1. The third-order valence-corrected chi connectivity index (χ3v) is 2.88. The maximum atomic E-state index is 12.8. The number of halogens is 1. The van der Waals surface area contributed by atoms with Gasteiger partial charge >= 0.3 is 0 Å². The Morgan fingerprint density at radius 2 is 1.84 bits per heavy atom. The number of hydrogen-bond donors (Lipinski definition) is 2. The Morgan fingerprint density at radius 3 is 2.42 bits per heavy atom. The molecule has 3 nitrogen and oxygen atoms in total. The van der Waals surface area contributed by atoms with Crippen LogP contribution in [0.1, 0.15) is 38.8 Å². The van der Waals surface area contributed by atoms with E-state index in [1.165, 1.54) is 12.1 Å². The molecule has 1 aromatic carbocycles. The van der Waals surface area contributed by atoms with Crippen LogP contribution in [0.2, 0.25) is 0 Å². The molecule has 0 saturated heterocycles. The van der Waals surface area contributed by atoms with Crippen LogP contribution < -0.4 is 10.6 Å². The first-order valence-electron chi connectivity index (χ1n) is 6.74. The first kappa shape index (κ1) is 15.6. The van der Waals surface area contributed by atoms with Crippen LogP contribution in [0.4, 0.5) is 4.39 Å². The largest absolute Gasteiger partial charge is 0.356 e. The molecule has 0 heterocycles. The zero-order chi connectivity index (χ0) is 14.3. The zero-order valence-corrected chi connectivity index (χ0v) is 11.9. The lowest BCUT2D eigenvalue weighted by atomic mass is 10.1. The number of nitrogens with one attached hydrogen (secondary N) is 2. The van der Waals surface area contributed by atoms with E-state index >= 15 is 0 Å². The van der Waals surface area contributed by atoms with Crippen molar-refractivity contribution < 1.29 is 9.18 Å². The molecule has 0 aliphatic carbocycles. The average molecular weight is 266 g/mol. The summed E-state index contributed by atoms with van der Waals surface area (Å²) in [7, 11) is 0. The second-order valence-corrected chi connectivity index (χ2v) is 5.18. The standard InChI is InChI=1S/C15H23FN2O/c1-11(2)10-18-15(19)8-9-17-12(3)13-4-6-14(16)7-5-13/h4-7,11-12,17H,8-10H2,1-3H3,(H,18,19). The monoisotopic (exact) mass is 266 g/mol. The summed E-state index contributed by atoms with van der Waals surface area (Å²) in [6.07, 6.45) is 0.457. The van der Waals surface area contributed by atoms with Gasteiger partial charge in [-0.3, -0.25) is 4.79 Å². The van der Waals surface area contributed by atoms with Gasteiger partial charge in [-0.05, 0) is 30.5 Å². The fraction of sp³-hybridized carbons (Fsp3) is 0.533. The molecule has 0 aliphatic heterocycles. The normalized spacial score (nSPS) is 12.5. The van der Waals surface area contributed by atoms with Gasteiger partial charge < -0.3 is 10.6 Å². The van der Waals surface area contributed by atoms with E-state index in [0.29, 0.717) is 25.4 Å². The molecule has 0 saturated carbocycles. The molecule has 19 heavy (non-hydrogen) atoms. The molecule has 0 aliphatic rings.